The molecule has 4 nitrogen and oxygen atoms in total. The fraction of sp³-hybridized carbons (Fsp3) is 0.235. The van der Waals surface area contributed by atoms with Gasteiger partial charge in [-0.1, -0.05) is 47.5 Å². The van der Waals surface area contributed by atoms with Crippen molar-refractivity contribution in [1.29, 1.82) is 0 Å². The van der Waals surface area contributed by atoms with E-state index in [1.165, 1.54) is 0 Å². The zero-order chi connectivity index (χ0) is 16.7. The predicted octanol–water partition coefficient (Wildman–Crippen LogP) is 3.57. The summed E-state index contributed by atoms with van der Waals surface area (Å²) >= 11 is 11.6. The minimum Gasteiger partial charge on any atom is -0.387 e. The first-order valence-corrected chi connectivity index (χ1v) is 8.00. The minimum absolute atomic E-state index is 0.133. The quantitative estimate of drug-likeness (QED) is 0.744. The zero-order valence-corrected chi connectivity index (χ0v) is 13.9. The molecule has 0 aliphatic carbocycles. The maximum Gasteiger partial charge on any atom is 0.314 e. The van der Waals surface area contributed by atoms with Crippen LogP contribution in [-0.4, -0.2) is 24.2 Å². The van der Waals surface area contributed by atoms with Crippen LogP contribution in [0.3, 0.4) is 0 Å². The van der Waals surface area contributed by atoms with Crippen molar-refractivity contribution in [3.63, 3.8) is 0 Å². The lowest BCUT2D eigenvalue weighted by Crippen LogP contribution is -2.38. The molecule has 0 radical (unpaired) electrons. The van der Waals surface area contributed by atoms with Gasteiger partial charge in [0.15, 0.2) is 0 Å². The Morgan fingerprint density at radius 1 is 0.957 bits per heavy atom. The van der Waals surface area contributed by atoms with Crippen LogP contribution in [0, 0.1) is 0 Å². The summed E-state index contributed by atoms with van der Waals surface area (Å²) in [6.07, 6.45) is -0.0566. The Morgan fingerprint density at radius 3 is 2.13 bits per heavy atom. The van der Waals surface area contributed by atoms with Crippen LogP contribution in [0.4, 0.5) is 4.79 Å². The minimum atomic E-state index is -0.769. The van der Waals surface area contributed by atoms with Gasteiger partial charge in [-0.3, -0.25) is 0 Å². The molecule has 2 amide bonds. The Balaban J connectivity index is 1.68. The van der Waals surface area contributed by atoms with Gasteiger partial charge in [-0.15, -0.1) is 0 Å². The second-order valence-electron chi connectivity index (χ2n) is 5.08. The summed E-state index contributed by atoms with van der Waals surface area (Å²) in [7, 11) is 0. The number of rotatable bonds is 6. The average molecular weight is 353 g/mol. The third-order valence-corrected chi connectivity index (χ3v) is 3.83. The molecule has 0 saturated carbocycles. The molecule has 0 aromatic heterocycles. The number of urea groups is 1. The molecule has 23 heavy (non-hydrogen) atoms. The van der Waals surface area contributed by atoms with Crippen molar-refractivity contribution in [2.45, 2.75) is 12.5 Å². The molecular formula is C17H18Cl2N2O2. The lowest BCUT2D eigenvalue weighted by atomic mass is 10.1. The molecule has 6 heteroatoms. The number of benzene rings is 2. The molecule has 1 unspecified atom stereocenters. The van der Waals surface area contributed by atoms with Crippen LogP contribution in [0.2, 0.25) is 10.0 Å². The Bertz CT molecular complexity index is 630. The Hall–Kier alpha value is -1.75. The second kappa shape index (κ2) is 8.77. The number of amides is 2. The van der Waals surface area contributed by atoms with Crippen LogP contribution >= 0.6 is 23.2 Å². The number of hydrogen-bond acceptors (Lipinski definition) is 2. The van der Waals surface area contributed by atoms with Crippen LogP contribution in [0.25, 0.3) is 0 Å². The van der Waals surface area contributed by atoms with Crippen LogP contribution < -0.4 is 10.6 Å². The number of halogens is 2. The standard InChI is InChI=1S/C17H18Cl2N2O2/c18-14-5-1-12(2-6-14)9-10-20-17(23)21-11-16(22)13-3-7-15(19)8-4-13/h1-8,16,22H,9-11H2,(H2,20,21,23). The SMILES string of the molecule is O=C(NCCc1ccc(Cl)cc1)NCC(O)c1ccc(Cl)cc1. The van der Waals surface area contributed by atoms with Gasteiger partial charge in [0.2, 0.25) is 0 Å². The highest BCUT2D eigenvalue weighted by Crippen LogP contribution is 2.15. The summed E-state index contributed by atoms with van der Waals surface area (Å²) in [5, 5.41) is 16.7. The zero-order valence-electron chi connectivity index (χ0n) is 12.4. The van der Waals surface area contributed by atoms with Gasteiger partial charge in [-0.05, 0) is 41.8 Å². The van der Waals surface area contributed by atoms with Gasteiger partial charge in [-0.25, -0.2) is 4.79 Å². The average Bonchev–Trinajstić information content (AvgIpc) is 2.55. The fourth-order valence-corrected chi connectivity index (χ4v) is 2.28. The Kier molecular flexibility index (Phi) is 6.71. The summed E-state index contributed by atoms with van der Waals surface area (Å²) in [4.78, 5) is 11.7. The van der Waals surface area contributed by atoms with E-state index in [-0.39, 0.29) is 12.6 Å². The highest BCUT2D eigenvalue weighted by Gasteiger charge is 2.09. The van der Waals surface area contributed by atoms with Gasteiger partial charge in [-0.2, -0.15) is 0 Å². The van der Waals surface area contributed by atoms with Crippen molar-refractivity contribution in [2.75, 3.05) is 13.1 Å². The molecule has 0 aliphatic heterocycles. The molecule has 0 spiro atoms. The van der Waals surface area contributed by atoms with E-state index in [0.29, 0.717) is 28.6 Å². The third kappa shape index (κ3) is 6.10. The molecule has 0 aliphatic rings. The summed E-state index contributed by atoms with van der Waals surface area (Å²) in [5.74, 6) is 0. The number of aliphatic hydroxyl groups excluding tert-OH is 1. The molecule has 2 rings (SSSR count). The summed E-state index contributed by atoms with van der Waals surface area (Å²) in [6.45, 7) is 0.638. The molecule has 122 valence electrons. The monoisotopic (exact) mass is 352 g/mol. The van der Waals surface area contributed by atoms with E-state index < -0.39 is 6.10 Å². The first-order chi connectivity index (χ1) is 11.0. The first kappa shape index (κ1) is 17.6. The predicted molar refractivity (Wildman–Crippen MR) is 93.0 cm³/mol. The number of hydrogen-bond donors (Lipinski definition) is 3. The lowest BCUT2D eigenvalue weighted by Gasteiger charge is -2.13. The van der Waals surface area contributed by atoms with Gasteiger partial charge >= 0.3 is 6.03 Å². The van der Waals surface area contributed by atoms with Crippen molar-refractivity contribution in [3.05, 3.63) is 69.7 Å². The maximum absolute atomic E-state index is 11.7. The second-order valence-corrected chi connectivity index (χ2v) is 5.95. The lowest BCUT2D eigenvalue weighted by molar-refractivity contribution is 0.173. The van der Waals surface area contributed by atoms with E-state index in [9.17, 15) is 9.90 Å². The van der Waals surface area contributed by atoms with Gasteiger partial charge in [0.25, 0.3) is 0 Å². The van der Waals surface area contributed by atoms with E-state index in [2.05, 4.69) is 10.6 Å². The van der Waals surface area contributed by atoms with Crippen molar-refractivity contribution in [3.8, 4) is 0 Å². The van der Waals surface area contributed by atoms with Gasteiger partial charge < -0.3 is 15.7 Å². The van der Waals surface area contributed by atoms with Gasteiger partial charge in [0.1, 0.15) is 0 Å². The van der Waals surface area contributed by atoms with Gasteiger partial charge in [0, 0.05) is 23.1 Å². The molecule has 1 atom stereocenters. The van der Waals surface area contributed by atoms with E-state index in [1.807, 2.05) is 24.3 Å². The molecule has 2 aromatic carbocycles. The number of carbonyl (C=O) groups is 1. The van der Waals surface area contributed by atoms with Crippen LogP contribution in [-0.2, 0) is 6.42 Å². The van der Waals surface area contributed by atoms with Crippen molar-refractivity contribution < 1.29 is 9.90 Å². The molecule has 0 heterocycles. The topological polar surface area (TPSA) is 61.4 Å². The molecule has 0 saturated heterocycles. The smallest absolute Gasteiger partial charge is 0.314 e. The Morgan fingerprint density at radius 2 is 1.52 bits per heavy atom. The molecule has 3 N–H and O–H groups in total. The summed E-state index contributed by atoms with van der Waals surface area (Å²) < 4.78 is 0. The van der Waals surface area contributed by atoms with E-state index >= 15 is 0 Å². The van der Waals surface area contributed by atoms with Crippen LogP contribution in [0.5, 0.6) is 0 Å². The van der Waals surface area contributed by atoms with E-state index in [0.717, 1.165) is 5.56 Å². The molecule has 2 aromatic rings. The van der Waals surface area contributed by atoms with Gasteiger partial charge in [0.05, 0.1) is 6.10 Å². The fourth-order valence-electron chi connectivity index (χ4n) is 2.03. The first-order valence-electron chi connectivity index (χ1n) is 7.24. The largest absolute Gasteiger partial charge is 0.387 e. The number of aliphatic hydroxyl groups is 1. The van der Waals surface area contributed by atoms with Crippen molar-refractivity contribution >= 4 is 29.2 Å². The van der Waals surface area contributed by atoms with E-state index in [1.54, 1.807) is 24.3 Å². The van der Waals surface area contributed by atoms with Crippen LogP contribution in [0.1, 0.15) is 17.2 Å². The third-order valence-electron chi connectivity index (χ3n) is 3.32. The number of nitrogens with one attached hydrogen (secondary N) is 2. The molecule has 0 bridgehead atoms. The number of carbonyl (C=O) groups excluding carboxylic acids is 1. The summed E-state index contributed by atoms with van der Waals surface area (Å²) in [5.41, 5.74) is 1.80. The Labute approximate surface area is 145 Å². The summed E-state index contributed by atoms with van der Waals surface area (Å²) in [6, 6.07) is 14.0. The highest BCUT2D eigenvalue weighted by atomic mass is 35.5. The normalized spacial score (nSPS) is 11.8. The highest BCUT2D eigenvalue weighted by molar-refractivity contribution is 6.30. The van der Waals surface area contributed by atoms with Crippen molar-refractivity contribution in [1.82, 2.24) is 10.6 Å². The van der Waals surface area contributed by atoms with E-state index in [4.69, 9.17) is 23.2 Å². The van der Waals surface area contributed by atoms with Crippen molar-refractivity contribution in [2.24, 2.45) is 0 Å². The maximum atomic E-state index is 11.7. The van der Waals surface area contributed by atoms with Crippen LogP contribution in [0.15, 0.2) is 48.5 Å². The molecule has 0 fully saturated rings. The molecular weight excluding hydrogens is 335 g/mol.